The van der Waals surface area contributed by atoms with E-state index in [-0.39, 0.29) is 11.9 Å². The summed E-state index contributed by atoms with van der Waals surface area (Å²) in [7, 11) is 4.03. The van der Waals surface area contributed by atoms with Crippen LogP contribution >= 0.6 is 0 Å². The van der Waals surface area contributed by atoms with Crippen LogP contribution in [-0.2, 0) is 0 Å². The summed E-state index contributed by atoms with van der Waals surface area (Å²) in [6.45, 7) is 2.59. The van der Waals surface area contributed by atoms with Gasteiger partial charge in [-0.2, -0.15) is 5.10 Å². The fourth-order valence-corrected chi connectivity index (χ4v) is 2.87. The Morgan fingerprint density at radius 2 is 1.81 bits per heavy atom. The molecule has 1 aromatic heterocycles. The van der Waals surface area contributed by atoms with Gasteiger partial charge in [0.05, 0.1) is 11.7 Å². The molecule has 0 saturated heterocycles. The number of amides is 1. The first-order chi connectivity index (χ1) is 12.5. The summed E-state index contributed by atoms with van der Waals surface area (Å²) < 4.78 is 0. The first-order valence-electron chi connectivity index (χ1n) is 8.66. The second-order valence-corrected chi connectivity index (χ2v) is 6.63. The van der Waals surface area contributed by atoms with Gasteiger partial charge in [0.2, 0.25) is 0 Å². The Kier molecular flexibility index (Phi) is 5.49. The van der Waals surface area contributed by atoms with Crippen molar-refractivity contribution >= 4 is 5.91 Å². The number of likely N-dealkylation sites (N-methyl/N-ethyl adjacent to an activating group) is 1. The fraction of sp³-hybridized carbons (Fsp3) is 0.238. The van der Waals surface area contributed by atoms with E-state index in [0.717, 1.165) is 11.3 Å². The van der Waals surface area contributed by atoms with Gasteiger partial charge in [-0.05, 0) is 32.6 Å². The summed E-state index contributed by atoms with van der Waals surface area (Å²) in [5.41, 5.74) is 4.61. The van der Waals surface area contributed by atoms with Crippen molar-refractivity contribution < 1.29 is 4.79 Å². The molecule has 1 atom stereocenters. The van der Waals surface area contributed by atoms with Crippen LogP contribution in [-0.4, -0.2) is 41.6 Å². The number of H-pyrrole nitrogens is 1. The molecule has 0 spiro atoms. The maximum atomic E-state index is 12.5. The number of nitrogens with zero attached hydrogens (tertiary/aromatic N) is 2. The van der Waals surface area contributed by atoms with Crippen LogP contribution in [0, 0.1) is 6.92 Å². The molecule has 2 aromatic carbocycles. The summed E-state index contributed by atoms with van der Waals surface area (Å²) in [5.74, 6) is -0.154. The molecule has 1 unspecified atom stereocenters. The molecule has 26 heavy (non-hydrogen) atoms. The second kappa shape index (κ2) is 7.97. The maximum absolute atomic E-state index is 12.5. The number of rotatable bonds is 6. The molecule has 134 valence electrons. The van der Waals surface area contributed by atoms with E-state index in [1.807, 2.05) is 44.4 Å². The summed E-state index contributed by atoms with van der Waals surface area (Å²) >= 11 is 0. The highest BCUT2D eigenvalue weighted by Gasteiger charge is 2.17. The highest BCUT2D eigenvalue weighted by molar-refractivity contribution is 5.93. The van der Waals surface area contributed by atoms with Gasteiger partial charge in [0, 0.05) is 12.1 Å². The SMILES string of the molecule is Cc1ccc(C(CNC(=O)c2cc(-c3ccccc3)n[nH]2)N(C)C)cc1. The van der Waals surface area contributed by atoms with Gasteiger partial charge in [-0.15, -0.1) is 0 Å². The minimum Gasteiger partial charge on any atom is -0.349 e. The summed E-state index contributed by atoms with van der Waals surface area (Å²) in [6, 6.07) is 20.1. The van der Waals surface area contributed by atoms with Crippen LogP contribution in [0.1, 0.15) is 27.7 Å². The Bertz CT molecular complexity index is 853. The van der Waals surface area contributed by atoms with Crippen molar-refractivity contribution in [1.82, 2.24) is 20.4 Å². The van der Waals surface area contributed by atoms with Gasteiger partial charge in [-0.3, -0.25) is 9.89 Å². The molecule has 1 amide bonds. The Labute approximate surface area is 154 Å². The third kappa shape index (κ3) is 4.18. The molecular formula is C21H24N4O. The smallest absolute Gasteiger partial charge is 0.269 e. The van der Waals surface area contributed by atoms with Gasteiger partial charge in [0.15, 0.2) is 0 Å². The van der Waals surface area contributed by atoms with Crippen molar-refractivity contribution in [3.8, 4) is 11.3 Å². The minimum atomic E-state index is -0.154. The zero-order chi connectivity index (χ0) is 18.5. The van der Waals surface area contributed by atoms with Crippen molar-refractivity contribution in [1.29, 1.82) is 0 Å². The molecule has 1 heterocycles. The standard InChI is InChI=1S/C21H24N4O/c1-15-9-11-17(12-10-15)20(25(2)3)14-22-21(26)19-13-18(23-24-19)16-7-5-4-6-8-16/h4-13,20H,14H2,1-3H3,(H,22,26)(H,23,24). The predicted octanol–water partition coefficient (Wildman–Crippen LogP) is 3.42. The number of benzene rings is 2. The van der Waals surface area contributed by atoms with E-state index in [1.54, 1.807) is 6.07 Å². The molecule has 0 aliphatic carbocycles. The number of carbonyl (C=O) groups excluding carboxylic acids is 1. The van der Waals surface area contributed by atoms with E-state index in [9.17, 15) is 4.79 Å². The number of hydrogen-bond donors (Lipinski definition) is 2. The van der Waals surface area contributed by atoms with Gasteiger partial charge in [-0.25, -0.2) is 0 Å². The Balaban J connectivity index is 1.67. The maximum Gasteiger partial charge on any atom is 0.269 e. The van der Waals surface area contributed by atoms with E-state index < -0.39 is 0 Å². The van der Waals surface area contributed by atoms with E-state index in [1.165, 1.54) is 11.1 Å². The van der Waals surface area contributed by atoms with Crippen LogP contribution in [0.15, 0.2) is 60.7 Å². The number of aromatic nitrogens is 2. The number of nitrogens with one attached hydrogen (secondary N) is 2. The number of carbonyl (C=O) groups is 1. The van der Waals surface area contributed by atoms with Crippen molar-refractivity contribution in [2.75, 3.05) is 20.6 Å². The number of aryl methyl sites for hydroxylation is 1. The molecule has 0 fully saturated rings. The zero-order valence-electron chi connectivity index (χ0n) is 15.4. The van der Waals surface area contributed by atoms with Crippen LogP contribution in [0.4, 0.5) is 0 Å². The largest absolute Gasteiger partial charge is 0.349 e. The van der Waals surface area contributed by atoms with Gasteiger partial charge >= 0.3 is 0 Å². The first kappa shape index (κ1) is 17.9. The van der Waals surface area contributed by atoms with Crippen LogP contribution < -0.4 is 5.32 Å². The van der Waals surface area contributed by atoms with Crippen LogP contribution in [0.2, 0.25) is 0 Å². The number of aromatic amines is 1. The Morgan fingerprint density at radius 1 is 1.12 bits per heavy atom. The molecule has 2 N–H and O–H groups in total. The average Bonchev–Trinajstić information content (AvgIpc) is 3.14. The lowest BCUT2D eigenvalue weighted by molar-refractivity contribution is 0.0937. The molecule has 3 aromatic rings. The topological polar surface area (TPSA) is 61.0 Å². The van der Waals surface area contributed by atoms with E-state index >= 15 is 0 Å². The number of hydrogen-bond acceptors (Lipinski definition) is 3. The lowest BCUT2D eigenvalue weighted by atomic mass is 10.0. The molecule has 0 radical (unpaired) electrons. The van der Waals surface area contributed by atoms with Crippen LogP contribution in [0.3, 0.4) is 0 Å². The molecule has 0 saturated carbocycles. The van der Waals surface area contributed by atoms with Crippen molar-refractivity contribution in [2.24, 2.45) is 0 Å². The van der Waals surface area contributed by atoms with E-state index in [2.05, 4.69) is 51.6 Å². The molecular weight excluding hydrogens is 324 g/mol. The lowest BCUT2D eigenvalue weighted by Crippen LogP contribution is -2.34. The molecule has 3 rings (SSSR count). The highest BCUT2D eigenvalue weighted by Crippen LogP contribution is 2.19. The lowest BCUT2D eigenvalue weighted by Gasteiger charge is -2.25. The normalized spacial score (nSPS) is 12.2. The monoisotopic (exact) mass is 348 g/mol. The average molecular weight is 348 g/mol. The van der Waals surface area contributed by atoms with Crippen LogP contribution in [0.5, 0.6) is 0 Å². The summed E-state index contributed by atoms with van der Waals surface area (Å²) in [6.07, 6.45) is 0. The van der Waals surface area contributed by atoms with Gasteiger partial charge in [-0.1, -0.05) is 60.2 Å². The van der Waals surface area contributed by atoms with E-state index in [4.69, 9.17) is 0 Å². The summed E-state index contributed by atoms with van der Waals surface area (Å²) in [4.78, 5) is 14.6. The third-order valence-electron chi connectivity index (χ3n) is 4.43. The molecule has 0 aliphatic heterocycles. The molecule has 0 aliphatic rings. The first-order valence-corrected chi connectivity index (χ1v) is 8.66. The fourth-order valence-electron chi connectivity index (χ4n) is 2.87. The van der Waals surface area contributed by atoms with Crippen molar-refractivity contribution in [2.45, 2.75) is 13.0 Å². The Morgan fingerprint density at radius 3 is 2.46 bits per heavy atom. The predicted molar refractivity (Wildman–Crippen MR) is 104 cm³/mol. The van der Waals surface area contributed by atoms with Gasteiger partial charge in [0.1, 0.15) is 5.69 Å². The molecule has 5 heteroatoms. The quantitative estimate of drug-likeness (QED) is 0.717. The van der Waals surface area contributed by atoms with Crippen LogP contribution in [0.25, 0.3) is 11.3 Å². The van der Waals surface area contributed by atoms with E-state index in [0.29, 0.717) is 12.2 Å². The summed E-state index contributed by atoms with van der Waals surface area (Å²) in [5, 5.41) is 10.1. The second-order valence-electron chi connectivity index (χ2n) is 6.63. The minimum absolute atomic E-state index is 0.107. The Hall–Kier alpha value is -2.92. The van der Waals surface area contributed by atoms with Gasteiger partial charge in [0.25, 0.3) is 5.91 Å². The zero-order valence-corrected chi connectivity index (χ0v) is 15.4. The van der Waals surface area contributed by atoms with Crippen molar-refractivity contribution in [3.05, 3.63) is 77.5 Å². The third-order valence-corrected chi connectivity index (χ3v) is 4.43. The highest BCUT2D eigenvalue weighted by atomic mass is 16.1. The molecule has 5 nitrogen and oxygen atoms in total. The van der Waals surface area contributed by atoms with Gasteiger partial charge < -0.3 is 10.2 Å². The molecule has 0 bridgehead atoms. The van der Waals surface area contributed by atoms with Crippen molar-refractivity contribution in [3.63, 3.8) is 0 Å².